The number of hydrogen-bond acceptors (Lipinski definition) is 3. The molecule has 0 aliphatic rings. The average Bonchev–Trinajstić information content (AvgIpc) is 2.33. The van der Waals surface area contributed by atoms with Crippen molar-refractivity contribution in [3.8, 4) is 11.6 Å². The van der Waals surface area contributed by atoms with Gasteiger partial charge in [-0.15, -0.1) is 0 Å². The molecule has 0 unspecified atom stereocenters. The minimum absolute atomic E-state index is 0.435. The Bertz CT molecular complexity index is 532. The fourth-order valence-corrected chi connectivity index (χ4v) is 2.42. The van der Waals surface area contributed by atoms with Crippen molar-refractivity contribution in [1.82, 2.24) is 4.98 Å². The van der Waals surface area contributed by atoms with Crippen LogP contribution in [0, 0.1) is 0 Å². The Hall–Kier alpha value is -0.910. The third kappa shape index (κ3) is 3.06. The molecule has 0 aliphatic heterocycles. The maximum Gasteiger partial charge on any atom is 0.233 e. The lowest BCUT2D eigenvalue weighted by Gasteiger charge is -2.10. The molecule has 2 N–H and O–H groups in total. The van der Waals surface area contributed by atoms with Gasteiger partial charge in [0.25, 0.3) is 0 Å². The van der Waals surface area contributed by atoms with Gasteiger partial charge in [-0.2, -0.15) is 0 Å². The first-order chi connectivity index (χ1) is 8.20. The van der Waals surface area contributed by atoms with Gasteiger partial charge in [-0.3, -0.25) is 0 Å². The van der Waals surface area contributed by atoms with Gasteiger partial charge in [0.2, 0.25) is 5.88 Å². The summed E-state index contributed by atoms with van der Waals surface area (Å²) in [5, 5.41) is 0. The highest BCUT2D eigenvalue weighted by Gasteiger charge is 2.07. The van der Waals surface area contributed by atoms with E-state index in [2.05, 4.69) is 36.8 Å². The first kappa shape index (κ1) is 12.5. The summed E-state index contributed by atoms with van der Waals surface area (Å²) < 4.78 is 7.41. The van der Waals surface area contributed by atoms with E-state index in [9.17, 15) is 0 Å². The van der Waals surface area contributed by atoms with Crippen molar-refractivity contribution in [1.29, 1.82) is 0 Å². The van der Waals surface area contributed by atoms with Crippen LogP contribution >= 0.6 is 31.9 Å². The second kappa shape index (κ2) is 5.62. The molecule has 1 heterocycles. The highest BCUT2D eigenvalue weighted by molar-refractivity contribution is 9.11. The Morgan fingerprint density at radius 2 is 2.00 bits per heavy atom. The van der Waals surface area contributed by atoms with Crippen LogP contribution in [0.2, 0.25) is 0 Å². The van der Waals surface area contributed by atoms with E-state index in [0.29, 0.717) is 12.4 Å². The Labute approximate surface area is 116 Å². The zero-order valence-corrected chi connectivity index (χ0v) is 12.0. The fourth-order valence-electron chi connectivity index (χ4n) is 1.35. The van der Waals surface area contributed by atoms with Gasteiger partial charge in [0.1, 0.15) is 5.75 Å². The molecule has 0 spiro atoms. The molecule has 2 aromatic rings. The molecule has 1 aromatic carbocycles. The maximum atomic E-state index is 5.73. The summed E-state index contributed by atoms with van der Waals surface area (Å²) in [5.74, 6) is 1.25. The molecule has 0 saturated carbocycles. The average molecular weight is 358 g/mol. The van der Waals surface area contributed by atoms with E-state index in [4.69, 9.17) is 10.5 Å². The third-order valence-electron chi connectivity index (χ3n) is 2.17. The molecule has 0 amide bonds. The lowest BCUT2D eigenvalue weighted by Crippen LogP contribution is -1.99. The Kier molecular flexibility index (Phi) is 4.15. The van der Waals surface area contributed by atoms with Crippen LogP contribution in [0.1, 0.15) is 5.56 Å². The van der Waals surface area contributed by atoms with Gasteiger partial charge >= 0.3 is 0 Å². The van der Waals surface area contributed by atoms with E-state index in [1.807, 2.05) is 30.3 Å². The van der Waals surface area contributed by atoms with Crippen molar-refractivity contribution >= 4 is 31.9 Å². The van der Waals surface area contributed by atoms with E-state index in [1.54, 1.807) is 6.20 Å². The van der Waals surface area contributed by atoms with Gasteiger partial charge in [-0.05, 0) is 44.0 Å². The van der Waals surface area contributed by atoms with Gasteiger partial charge in [-0.25, -0.2) is 4.98 Å². The number of rotatable bonds is 3. The number of nitrogens with zero attached hydrogens (tertiary/aromatic N) is 1. The molecule has 17 heavy (non-hydrogen) atoms. The van der Waals surface area contributed by atoms with Gasteiger partial charge in [0.05, 0.1) is 4.47 Å². The van der Waals surface area contributed by atoms with Crippen molar-refractivity contribution in [2.45, 2.75) is 6.54 Å². The molecule has 0 radical (unpaired) electrons. The van der Waals surface area contributed by atoms with E-state index in [1.165, 1.54) is 0 Å². The van der Waals surface area contributed by atoms with Gasteiger partial charge in [0, 0.05) is 22.8 Å². The van der Waals surface area contributed by atoms with Crippen molar-refractivity contribution in [2.24, 2.45) is 5.73 Å². The molecule has 0 bridgehead atoms. The molecule has 3 nitrogen and oxygen atoms in total. The third-order valence-corrected chi connectivity index (χ3v) is 3.17. The first-order valence-electron chi connectivity index (χ1n) is 4.97. The summed E-state index contributed by atoms with van der Waals surface area (Å²) in [6, 6.07) is 9.52. The Morgan fingerprint density at radius 3 is 2.71 bits per heavy atom. The maximum absolute atomic E-state index is 5.73. The second-order valence-electron chi connectivity index (χ2n) is 3.35. The number of pyridine rings is 1. The van der Waals surface area contributed by atoms with Crippen molar-refractivity contribution < 1.29 is 4.74 Å². The van der Waals surface area contributed by atoms with Gasteiger partial charge < -0.3 is 10.5 Å². The Morgan fingerprint density at radius 1 is 1.24 bits per heavy atom. The van der Waals surface area contributed by atoms with Crippen LogP contribution in [-0.2, 0) is 6.54 Å². The number of halogens is 2. The lowest BCUT2D eigenvalue weighted by molar-refractivity contribution is 0.454. The lowest BCUT2D eigenvalue weighted by atomic mass is 10.2. The second-order valence-corrected chi connectivity index (χ2v) is 5.12. The van der Waals surface area contributed by atoms with Crippen molar-refractivity contribution in [3.63, 3.8) is 0 Å². The number of aromatic nitrogens is 1. The molecule has 0 atom stereocenters. The quantitative estimate of drug-likeness (QED) is 0.907. The normalized spacial score (nSPS) is 10.3. The standard InChI is InChI=1S/C12H10Br2N2O/c13-9-5-10(14)12(16-7-9)17-11-4-2-1-3-8(11)6-15/h1-5,7H,6,15H2. The topological polar surface area (TPSA) is 48.1 Å². The van der Waals surface area contributed by atoms with E-state index >= 15 is 0 Å². The van der Waals surface area contributed by atoms with E-state index in [0.717, 1.165) is 20.3 Å². The van der Waals surface area contributed by atoms with Crippen LogP contribution in [0.5, 0.6) is 11.6 Å². The molecule has 0 aliphatic carbocycles. The SMILES string of the molecule is NCc1ccccc1Oc1ncc(Br)cc1Br. The van der Waals surface area contributed by atoms with Crippen LogP contribution in [-0.4, -0.2) is 4.98 Å². The minimum atomic E-state index is 0.435. The van der Waals surface area contributed by atoms with Gasteiger partial charge in [0.15, 0.2) is 0 Å². The highest BCUT2D eigenvalue weighted by Crippen LogP contribution is 2.30. The summed E-state index contributed by atoms with van der Waals surface area (Å²) >= 11 is 6.74. The van der Waals surface area contributed by atoms with Crippen LogP contribution < -0.4 is 10.5 Å². The molecular weight excluding hydrogens is 348 g/mol. The predicted octanol–water partition coefficient (Wildman–Crippen LogP) is 3.86. The summed E-state index contributed by atoms with van der Waals surface area (Å²) in [6.45, 7) is 0.435. The van der Waals surface area contributed by atoms with Crippen LogP contribution in [0.4, 0.5) is 0 Å². The summed E-state index contributed by atoms with van der Waals surface area (Å²) in [4.78, 5) is 4.19. The number of para-hydroxylation sites is 1. The molecule has 0 saturated heterocycles. The zero-order chi connectivity index (χ0) is 12.3. The molecule has 0 fully saturated rings. The predicted molar refractivity (Wildman–Crippen MR) is 74.0 cm³/mol. The van der Waals surface area contributed by atoms with Crippen molar-refractivity contribution in [2.75, 3.05) is 0 Å². The number of benzene rings is 1. The smallest absolute Gasteiger partial charge is 0.233 e. The summed E-state index contributed by atoms with van der Waals surface area (Å²) in [5.41, 5.74) is 6.60. The van der Waals surface area contributed by atoms with Crippen LogP contribution in [0.3, 0.4) is 0 Å². The molecule has 88 valence electrons. The van der Waals surface area contributed by atoms with Crippen LogP contribution in [0.25, 0.3) is 0 Å². The fraction of sp³-hybridized carbons (Fsp3) is 0.0833. The Balaban J connectivity index is 2.31. The molecule has 2 rings (SSSR count). The van der Waals surface area contributed by atoms with E-state index < -0.39 is 0 Å². The molecule has 5 heteroatoms. The summed E-state index contributed by atoms with van der Waals surface area (Å²) in [7, 11) is 0. The number of ether oxygens (including phenoxy) is 1. The molecule has 1 aromatic heterocycles. The number of hydrogen-bond donors (Lipinski definition) is 1. The van der Waals surface area contributed by atoms with E-state index in [-0.39, 0.29) is 0 Å². The first-order valence-corrected chi connectivity index (χ1v) is 6.56. The highest BCUT2D eigenvalue weighted by atomic mass is 79.9. The number of nitrogens with two attached hydrogens (primary N) is 1. The zero-order valence-electron chi connectivity index (χ0n) is 8.86. The van der Waals surface area contributed by atoms with Crippen molar-refractivity contribution in [3.05, 3.63) is 51.0 Å². The monoisotopic (exact) mass is 356 g/mol. The minimum Gasteiger partial charge on any atom is -0.438 e. The summed E-state index contributed by atoms with van der Waals surface area (Å²) in [6.07, 6.45) is 1.69. The van der Waals surface area contributed by atoms with Gasteiger partial charge in [-0.1, -0.05) is 18.2 Å². The molecular formula is C12H10Br2N2O. The van der Waals surface area contributed by atoms with Crippen LogP contribution in [0.15, 0.2) is 45.5 Å². The largest absolute Gasteiger partial charge is 0.438 e.